The van der Waals surface area contributed by atoms with Gasteiger partial charge in [0.1, 0.15) is 18.1 Å². The van der Waals surface area contributed by atoms with Crippen molar-refractivity contribution in [3.63, 3.8) is 0 Å². The van der Waals surface area contributed by atoms with Gasteiger partial charge in [0.2, 0.25) is 0 Å². The minimum atomic E-state index is -4.63. The number of phenols is 1. The van der Waals surface area contributed by atoms with Gasteiger partial charge in [-0.3, -0.25) is 4.79 Å². The zero-order chi connectivity index (χ0) is 16.3. The second-order valence-electron chi connectivity index (χ2n) is 4.72. The van der Waals surface area contributed by atoms with Crippen molar-refractivity contribution < 1.29 is 27.8 Å². The first-order chi connectivity index (χ1) is 10.3. The molecule has 0 saturated carbocycles. The molecule has 0 unspecified atom stereocenters. The molecule has 0 aromatic heterocycles. The Kier molecular flexibility index (Phi) is 4.40. The van der Waals surface area contributed by atoms with Crippen LogP contribution in [0.1, 0.15) is 28.4 Å². The summed E-state index contributed by atoms with van der Waals surface area (Å²) in [5.74, 6) is -0.545. The normalized spacial score (nSPS) is 11.3. The molecule has 0 aliphatic carbocycles. The van der Waals surface area contributed by atoms with E-state index in [1.807, 2.05) is 0 Å². The van der Waals surface area contributed by atoms with Gasteiger partial charge in [-0.25, -0.2) is 0 Å². The van der Waals surface area contributed by atoms with Gasteiger partial charge in [-0.2, -0.15) is 13.2 Å². The number of alkyl halides is 3. The summed E-state index contributed by atoms with van der Waals surface area (Å²) in [6.07, 6.45) is -4.63. The summed E-state index contributed by atoms with van der Waals surface area (Å²) in [6, 6.07) is 9.37. The second-order valence-corrected chi connectivity index (χ2v) is 4.72. The minimum absolute atomic E-state index is 0.0189. The average Bonchev–Trinajstić information content (AvgIpc) is 2.45. The fourth-order valence-electron chi connectivity index (χ4n) is 1.91. The maximum absolute atomic E-state index is 13.0. The molecule has 0 bridgehead atoms. The van der Waals surface area contributed by atoms with E-state index in [-0.39, 0.29) is 23.7 Å². The summed E-state index contributed by atoms with van der Waals surface area (Å²) >= 11 is 0. The Morgan fingerprint density at radius 1 is 1.14 bits per heavy atom. The maximum atomic E-state index is 13.0. The number of hydrogen-bond acceptors (Lipinski definition) is 3. The highest BCUT2D eigenvalue weighted by Gasteiger charge is 2.34. The Hall–Kier alpha value is -2.50. The van der Waals surface area contributed by atoms with Crippen LogP contribution in [0.2, 0.25) is 0 Å². The standard InChI is InChI=1S/C16H13F3O3/c1-10(20)14-7-6-13(8-15(14)16(17,18)19)22-9-11-2-4-12(21)5-3-11/h2-8,21H,9H2,1H3. The largest absolute Gasteiger partial charge is 0.508 e. The monoisotopic (exact) mass is 310 g/mol. The number of carbonyl (C=O) groups excluding carboxylic acids is 1. The number of ketones is 1. The number of ether oxygens (including phenoxy) is 1. The molecule has 6 heteroatoms. The molecule has 116 valence electrons. The van der Waals surface area contributed by atoms with Crippen LogP contribution < -0.4 is 4.74 Å². The van der Waals surface area contributed by atoms with E-state index in [4.69, 9.17) is 9.84 Å². The Morgan fingerprint density at radius 3 is 2.32 bits per heavy atom. The zero-order valence-corrected chi connectivity index (χ0v) is 11.6. The van der Waals surface area contributed by atoms with Gasteiger partial charge < -0.3 is 9.84 Å². The highest BCUT2D eigenvalue weighted by molar-refractivity contribution is 5.95. The Bertz CT molecular complexity index is 676. The van der Waals surface area contributed by atoms with E-state index in [1.165, 1.54) is 18.2 Å². The predicted octanol–water partition coefficient (Wildman–Crippen LogP) is 4.19. The van der Waals surface area contributed by atoms with Gasteiger partial charge in [0.15, 0.2) is 5.78 Å². The van der Waals surface area contributed by atoms with Gasteiger partial charge in [-0.15, -0.1) is 0 Å². The molecular weight excluding hydrogens is 297 g/mol. The van der Waals surface area contributed by atoms with Crippen LogP contribution in [0.3, 0.4) is 0 Å². The highest BCUT2D eigenvalue weighted by atomic mass is 19.4. The molecule has 0 aliphatic heterocycles. The molecule has 0 spiro atoms. The third kappa shape index (κ3) is 3.78. The fraction of sp³-hybridized carbons (Fsp3) is 0.188. The van der Waals surface area contributed by atoms with E-state index in [0.717, 1.165) is 19.1 Å². The number of benzene rings is 2. The second kappa shape index (κ2) is 6.09. The molecule has 0 heterocycles. The highest BCUT2D eigenvalue weighted by Crippen LogP contribution is 2.34. The molecule has 2 aromatic rings. The Morgan fingerprint density at radius 2 is 1.77 bits per heavy atom. The molecule has 0 amide bonds. The van der Waals surface area contributed by atoms with E-state index < -0.39 is 17.5 Å². The van der Waals surface area contributed by atoms with Gasteiger partial charge in [-0.1, -0.05) is 12.1 Å². The lowest BCUT2D eigenvalue weighted by atomic mass is 10.0. The first-order valence-corrected chi connectivity index (χ1v) is 6.40. The van der Waals surface area contributed by atoms with Crippen molar-refractivity contribution >= 4 is 5.78 Å². The smallest absolute Gasteiger partial charge is 0.417 e. The number of aromatic hydroxyl groups is 1. The Balaban J connectivity index is 2.21. The molecule has 1 N–H and O–H groups in total. The molecule has 2 rings (SSSR count). The van der Waals surface area contributed by atoms with Gasteiger partial charge in [0, 0.05) is 5.56 Å². The first kappa shape index (κ1) is 15.9. The topological polar surface area (TPSA) is 46.5 Å². The number of hydrogen-bond donors (Lipinski definition) is 1. The van der Waals surface area contributed by atoms with Crippen LogP contribution in [0.4, 0.5) is 13.2 Å². The van der Waals surface area contributed by atoms with E-state index in [0.29, 0.717) is 5.56 Å². The number of carbonyl (C=O) groups is 1. The molecule has 0 atom stereocenters. The van der Waals surface area contributed by atoms with Gasteiger partial charge >= 0.3 is 6.18 Å². The van der Waals surface area contributed by atoms with Crippen molar-refractivity contribution in [3.8, 4) is 11.5 Å². The SMILES string of the molecule is CC(=O)c1ccc(OCc2ccc(O)cc2)cc1C(F)(F)F. The van der Waals surface area contributed by atoms with Crippen molar-refractivity contribution in [2.24, 2.45) is 0 Å². The molecule has 0 radical (unpaired) electrons. The quantitative estimate of drug-likeness (QED) is 0.861. The lowest BCUT2D eigenvalue weighted by Gasteiger charge is -2.13. The minimum Gasteiger partial charge on any atom is -0.508 e. The van der Waals surface area contributed by atoms with Gasteiger partial charge in [-0.05, 0) is 42.8 Å². The third-order valence-corrected chi connectivity index (χ3v) is 3.02. The lowest BCUT2D eigenvalue weighted by molar-refractivity contribution is -0.138. The molecule has 2 aromatic carbocycles. The number of Topliss-reactive ketones (excluding diaryl/α,β-unsaturated/α-hetero) is 1. The van der Waals surface area contributed by atoms with Crippen LogP contribution in [0.25, 0.3) is 0 Å². The summed E-state index contributed by atoms with van der Waals surface area (Å²) in [4.78, 5) is 11.3. The van der Waals surface area contributed by atoms with Crippen molar-refractivity contribution in [1.82, 2.24) is 0 Å². The maximum Gasteiger partial charge on any atom is 0.417 e. The molecule has 0 saturated heterocycles. The number of phenolic OH excluding ortho intramolecular Hbond substituents is 1. The number of halogens is 3. The lowest BCUT2D eigenvalue weighted by Crippen LogP contribution is -2.12. The van der Waals surface area contributed by atoms with Crippen LogP contribution in [0, 0.1) is 0 Å². The third-order valence-electron chi connectivity index (χ3n) is 3.02. The van der Waals surface area contributed by atoms with E-state index in [1.54, 1.807) is 12.1 Å². The van der Waals surface area contributed by atoms with Crippen molar-refractivity contribution in [2.45, 2.75) is 19.7 Å². The van der Waals surface area contributed by atoms with Crippen LogP contribution in [-0.4, -0.2) is 10.9 Å². The summed E-state index contributed by atoms with van der Waals surface area (Å²) in [5.41, 5.74) is -0.699. The molecule has 0 aliphatic rings. The first-order valence-electron chi connectivity index (χ1n) is 6.40. The summed E-state index contributed by atoms with van der Waals surface area (Å²) < 4.78 is 44.2. The summed E-state index contributed by atoms with van der Waals surface area (Å²) in [5, 5.41) is 9.15. The van der Waals surface area contributed by atoms with Crippen molar-refractivity contribution in [2.75, 3.05) is 0 Å². The average molecular weight is 310 g/mol. The summed E-state index contributed by atoms with van der Waals surface area (Å²) in [6.45, 7) is 1.14. The molecule has 3 nitrogen and oxygen atoms in total. The Labute approximate surface area is 125 Å². The van der Waals surface area contributed by atoms with Crippen molar-refractivity contribution in [1.29, 1.82) is 0 Å². The number of rotatable bonds is 4. The fourth-order valence-corrected chi connectivity index (χ4v) is 1.91. The van der Waals surface area contributed by atoms with E-state index in [9.17, 15) is 18.0 Å². The summed E-state index contributed by atoms with van der Waals surface area (Å²) in [7, 11) is 0. The van der Waals surface area contributed by atoms with Crippen LogP contribution >= 0.6 is 0 Å². The van der Waals surface area contributed by atoms with E-state index in [2.05, 4.69) is 0 Å². The van der Waals surface area contributed by atoms with Crippen molar-refractivity contribution in [3.05, 3.63) is 59.2 Å². The molecule has 22 heavy (non-hydrogen) atoms. The van der Waals surface area contributed by atoms with Crippen LogP contribution in [-0.2, 0) is 12.8 Å². The van der Waals surface area contributed by atoms with Gasteiger partial charge in [0.25, 0.3) is 0 Å². The van der Waals surface area contributed by atoms with Crippen LogP contribution in [0.5, 0.6) is 11.5 Å². The van der Waals surface area contributed by atoms with Crippen LogP contribution in [0.15, 0.2) is 42.5 Å². The zero-order valence-electron chi connectivity index (χ0n) is 11.6. The molecular formula is C16H13F3O3. The molecule has 0 fully saturated rings. The van der Waals surface area contributed by atoms with E-state index >= 15 is 0 Å². The predicted molar refractivity (Wildman–Crippen MR) is 73.9 cm³/mol. The van der Waals surface area contributed by atoms with Gasteiger partial charge in [0.05, 0.1) is 5.56 Å².